The zero-order chi connectivity index (χ0) is 11.0. The lowest BCUT2D eigenvalue weighted by atomic mass is 10.1. The molecule has 1 aromatic rings. The van der Waals surface area contributed by atoms with Gasteiger partial charge in [-0.25, -0.2) is 4.98 Å². The summed E-state index contributed by atoms with van der Waals surface area (Å²) in [6.45, 7) is 3.06. The van der Waals surface area contributed by atoms with Gasteiger partial charge in [-0.3, -0.25) is 9.36 Å². The summed E-state index contributed by atoms with van der Waals surface area (Å²) in [4.78, 5) is 16.3. The van der Waals surface area contributed by atoms with Gasteiger partial charge in [0.2, 0.25) is 0 Å². The number of fused-ring (bicyclic) bond motifs is 1. The van der Waals surface area contributed by atoms with Crippen LogP contribution in [-0.2, 0) is 13.0 Å². The third-order valence-electron chi connectivity index (χ3n) is 2.87. The number of hydrogen-bond donors (Lipinski definition) is 1. The number of halogens is 1. The number of aryl methyl sites for hydroxylation is 1. The number of nitrogens with zero attached hydrogens (tertiary/aromatic N) is 2. The largest absolute Gasteiger partial charge is 0.330 e. The van der Waals surface area contributed by atoms with Crippen molar-refractivity contribution in [2.45, 2.75) is 32.2 Å². The van der Waals surface area contributed by atoms with E-state index in [1.54, 1.807) is 4.57 Å². The molecule has 0 spiro atoms. The molecule has 1 aliphatic heterocycles. The van der Waals surface area contributed by atoms with Crippen LogP contribution in [0, 0.1) is 0 Å². The van der Waals surface area contributed by atoms with Crippen LogP contribution in [0.3, 0.4) is 0 Å². The fourth-order valence-corrected chi connectivity index (χ4v) is 2.30. The first-order valence-electron chi connectivity index (χ1n) is 5.14. The van der Waals surface area contributed by atoms with E-state index in [1.807, 2.05) is 6.92 Å². The predicted molar refractivity (Wildman–Crippen MR) is 59.3 cm³/mol. The zero-order valence-corrected chi connectivity index (χ0v) is 9.42. The van der Waals surface area contributed by atoms with E-state index >= 15 is 0 Å². The normalized spacial score (nSPS) is 16.5. The first kappa shape index (κ1) is 10.6. The lowest BCUT2D eigenvalue weighted by molar-refractivity contribution is 0.671. The molecule has 0 aromatic carbocycles. The minimum atomic E-state index is -0.0316. The average Bonchev–Trinajstić information content (AvgIpc) is 2.65. The van der Waals surface area contributed by atoms with Crippen molar-refractivity contribution in [3.63, 3.8) is 0 Å². The predicted octanol–water partition coefficient (Wildman–Crippen LogP) is 0.905. The summed E-state index contributed by atoms with van der Waals surface area (Å²) in [7, 11) is 0. The Hall–Kier alpha value is -0.870. The molecule has 0 fully saturated rings. The Morgan fingerprint density at radius 3 is 3.07 bits per heavy atom. The fourth-order valence-electron chi connectivity index (χ4n) is 1.93. The summed E-state index contributed by atoms with van der Waals surface area (Å²) in [6.07, 6.45) is 1.81. The van der Waals surface area contributed by atoms with Gasteiger partial charge < -0.3 is 5.73 Å². The molecule has 0 aliphatic carbocycles. The van der Waals surface area contributed by atoms with Crippen LogP contribution in [0.2, 0.25) is 5.15 Å². The Labute approximate surface area is 93.1 Å². The van der Waals surface area contributed by atoms with Gasteiger partial charge in [-0.2, -0.15) is 0 Å². The second-order valence-electron chi connectivity index (χ2n) is 3.93. The number of nitrogens with two attached hydrogens (primary N) is 1. The van der Waals surface area contributed by atoms with Crippen LogP contribution in [0.25, 0.3) is 0 Å². The van der Waals surface area contributed by atoms with Crippen LogP contribution in [0.4, 0.5) is 0 Å². The van der Waals surface area contributed by atoms with E-state index in [1.165, 1.54) is 0 Å². The molecule has 0 saturated heterocycles. The van der Waals surface area contributed by atoms with E-state index in [9.17, 15) is 4.79 Å². The quantitative estimate of drug-likeness (QED) is 0.764. The third-order valence-corrected chi connectivity index (χ3v) is 3.15. The Balaban J connectivity index is 2.61. The molecule has 1 unspecified atom stereocenters. The standard InChI is InChI=1S/C10H14ClN3O/c1-6(5-12)8-9(11)13-7-3-2-4-14(7)10(8)15/h6H,2-5,12H2,1H3. The number of aromatic nitrogens is 2. The summed E-state index contributed by atoms with van der Waals surface area (Å²) < 4.78 is 1.72. The Morgan fingerprint density at radius 1 is 1.67 bits per heavy atom. The van der Waals surface area contributed by atoms with Crippen LogP contribution >= 0.6 is 11.6 Å². The van der Waals surface area contributed by atoms with E-state index in [4.69, 9.17) is 17.3 Å². The minimum Gasteiger partial charge on any atom is -0.330 e. The SMILES string of the molecule is CC(CN)c1c(Cl)nc2n(c1=O)CCC2. The molecule has 0 saturated carbocycles. The van der Waals surface area contributed by atoms with Gasteiger partial charge in [0.1, 0.15) is 11.0 Å². The molecule has 1 atom stereocenters. The summed E-state index contributed by atoms with van der Waals surface area (Å²) in [5.41, 5.74) is 6.10. The van der Waals surface area contributed by atoms with Crippen LogP contribution in [0.15, 0.2) is 4.79 Å². The van der Waals surface area contributed by atoms with E-state index in [-0.39, 0.29) is 11.5 Å². The molecular weight excluding hydrogens is 214 g/mol. The second-order valence-corrected chi connectivity index (χ2v) is 4.29. The van der Waals surface area contributed by atoms with Crippen LogP contribution < -0.4 is 11.3 Å². The monoisotopic (exact) mass is 227 g/mol. The lowest BCUT2D eigenvalue weighted by Gasteiger charge is -2.12. The first-order valence-corrected chi connectivity index (χ1v) is 5.52. The maximum absolute atomic E-state index is 12.1. The molecule has 82 valence electrons. The molecule has 0 amide bonds. The first-order chi connectivity index (χ1) is 7.15. The highest BCUT2D eigenvalue weighted by Crippen LogP contribution is 2.21. The molecule has 4 nitrogen and oxygen atoms in total. The van der Waals surface area contributed by atoms with Gasteiger partial charge in [0.05, 0.1) is 5.56 Å². The average molecular weight is 228 g/mol. The molecule has 5 heteroatoms. The van der Waals surface area contributed by atoms with Crippen molar-refractivity contribution < 1.29 is 0 Å². The van der Waals surface area contributed by atoms with Crippen molar-refractivity contribution >= 4 is 11.6 Å². The highest BCUT2D eigenvalue weighted by Gasteiger charge is 2.21. The van der Waals surface area contributed by atoms with E-state index < -0.39 is 0 Å². The summed E-state index contributed by atoms with van der Waals surface area (Å²) in [6, 6.07) is 0. The Morgan fingerprint density at radius 2 is 2.40 bits per heavy atom. The van der Waals surface area contributed by atoms with Gasteiger partial charge >= 0.3 is 0 Å². The summed E-state index contributed by atoms with van der Waals surface area (Å²) in [5, 5.41) is 0.325. The minimum absolute atomic E-state index is 0.0135. The molecule has 2 heterocycles. The Bertz CT molecular complexity index is 441. The van der Waals surface area contributed by atoms with Crippen molar-refractivity contribution in [3.8, 4) is 0 Å². The fraction of sp³-hybridized carbons (Fsp3) is 0.600. The molecular formula is C10H14ClN3O. The van der Waals surface area contributed by atoms with Crippen LogP contribution in [0.1, 0.15) is 30.7 Å². The molecule has 0 radical (unpaired) electrons. The molecule has 1 aromatic heterocycles. The molecule has 2 N–H and O–H groups in total. The van der Waals surface area contributed by atoms with Gasteiger partial charge in [0.25, 0.3) is 5.56 Å². The second kappa shape index (κ2) is 3.94. The highest BCUT2D eigenvalue weighted by atomic mass is 35.5. The van der Waals surface area contributed by atoms with Gasteiger partial charge in [0.15, 0.2) is 0 Å². The van der Waals surface area contributed by atoms with Gasteiger partial charge in [-0.05, 0) is 13.0 Å². The van der Waals surface area contributed by atoms with Crippen LogP contribution in [0.5, 0.6) is 0 Å². The van der Waals surface area contributed by atoms with E-state index in [0.717, 1.165) is 25.2 Å². The van der Waals surface area contributed by atoms with Gasteiger partial charge in [-0.1, -0.05) is 18.5 Å². The van der Waals surface area contributed by atoms with E-state index in [0.29, 0.717) is 17.3 Å². The van der Waals surface area contributed by atoms with Crippen molar-refractivity contribution in [1.82, 2.24) is 9.55 Å². The topological polar surface area (TPSA) is 60.9 Å². The van der Waals surface area contributed by atoms with Crippen molar-refractivity contribution in [3.05, 3.63) is 26.9 Å². The summed E-state index contributed by atoms with van der Waals surface area (Å²) >= 11 is 6.01. The zero-order valence-electron chi connectivity index (χ0n) is 8.66. The lowest BCUT2D eigenvalue weighted by Crippen LogP contribution is -2.28. The smallest absolute Gasteiger partial charge is 0.258 e. The van der Waals surface area contributed by atoms with Gasteiger partial charge in [-0.15, -0.1) is 0 Å². The van der Waals surface area contributed by atoms with Crippen molar-refractivity contribution in [2.24, 2.45) is 5.73 Å². The van der Waals surface area contributed by atoms with Crippen molar-refractivity contribution in [2.75, 3.05) is 6.54 Å². The molecule has 0 bridgehead atoms. The maximum Gasteiger partial charge on any atom is 0.258 e. The molecule has 15 heavy (non-hydrogen) atoms. The molecule has 2 rings (SSSR count). The van der Waals surface area contributed by atoms with Crippen LogP contribution in [-0.4, -0.2) is 16.1 Å². The third kappa shape index (κ3) is 1.68. The number of rotatable bonds is 2. The Kier molecular flexibility index (Phi) is 2.80. The van der Waals surface area contributed by atoms with Crippen molar-refractivity contribution in [1.29, 1.82) is 0 Å². The van der Waals surface area contributed by atoms with Gasteiger partial charge in [0, 0.05) is 18.9 Å². The maximum atomic E-state index is 12.1. The number of hydrogen-bond acceptors (Lipinski definition) is 3. The summed E-state index contributed by atoms with van der Waals surface area (Å²) in [5.74, 6) is 0.772. The molecule has 1 aliphatic rings. The van der Waals surface area contributed by atoms with E-state index in [2.05, 4.69) is 4.98 Å². The highest BCUT2D eigenvalue weighted by molar-refractivity contribution is 6.30.